The van der Waals surface area contributed by atoms with E-state index in [4.69, 9.17) is 11.6 Å². The molecule has 1 atom stereocenters. The lowest BCUT2D eigenvalue weighted by Crippen LogP contribution is -2.24. The second-order valence-electron chi connectivity index (χ2n) is 5.94. The number of alkyl halides is 1. The van der Waals surface area contributed by atoms with Gasteiger partial charge >= 0.3 is 0 Å². The lowest BCUT2D eigenvalue weighted by molar-refractivity contribution is 0.584. The second-order valence-corrected chi connectivity index (χ2v) is 8.01. The summed E-state index contributed by atoms with van der Waals surface area (Å²) in [5.41, 5.74) is 1.52. The number of rotatable bonds is 5. The minimum atomic E-state index is -3.36. The summed E-state index contributed by atoms with van der Waals surface area (Å²) >= 11 is 5.67. The fourth-order valence-electron chi connectivity index (χ4n) is 1.85. The van der Waals surface area contributed by atoms with Crippen LogP contribution in [0.15, 0.2) is 24.3 Å². The smallest absolute Gasteiger partial charge is 0.233 e. The van der Waals surface area contributed by atoms with E-state index < -0.39 is 10.0 Å². The van der Waals surface area contributed by atoms with Gasteiger partial charge in [0.2, 0.25) is 10.0 Å². The maximum atomic E-state index is 12.1. The second kappa shape index (κ2) is 6.14. The largest absolute Gasteiger partial charge is 0.283 e. The third-order valence-electron chi connectivity index (χ3n) is 2.77. The fraction of sp³-hybridized carbons (Fsp3) is 0.571. The van der Waals surface area contributed by atoms with E-state index in [1.165, 1.54) is 0 Å². The first kappa shape index (κ1) is 16.3. The topological polar surface area (TPSA) is 46.2 Å². The van der Waals surface area contributed by atoms with Crippen molar-refractivity contribution in [2.24, 2.45) is 5.92 Å². The molecule has 0 saturated heterocycles. The van der Waals surface area contributed by atoms with Gasteiger partial charge in [0.1, 0.15) is 0 Å². The average Bonchev–Trinajstić information content (AvgIpc) is 2.26. The Morgan fingerprint density at radius 1 is 1.26 bits per heavy atom. The summed E-state index contributed by atoms with van der Waals surface area (Å²) < 4.78 is 26.8. The summed E-state index contributed by atoms with van der Waals surface area (Å²) in [5, 5.41) is 0. The highest BCUT2D eigenvalue weighted by atomic mass is 35.5. The third kappa shape index (κ3) is 5.03. The van der Waals surface area contributed by atoms with Gasteiger partial charge in [0.15, 0.2) is 0 Å². The molecular weight excluding hydrogens is 282 g/mol. The number of nitrogens with one attached hydrogen (secondary N) is 1. The molecule has 3 nitrogen and oxygen atoms in total. The maximum absolute atomic E-state index is 12.1. The summed E-state index contributed by atoms with van der Waals surface area (Å²) in [6.45, 7) is 7.99. The molecule has 1 rings (SSSR count). The number of para-hydroxylation sites is 1. The molecular formula is C14H22ClNO2S. The summed E-state index contributed by atoms with van der Waals surface area (Å²) in [6, 6.07) is 7.49. The molecule has 0 radical (unpaired) electrons. The quantitative estimate of drug-likeness (QED) is 0.845. The summed E-state index contributed by atoms with van der Waals surface area (Å²) in [4.78, 5) is 0. The van der Waals surface area contributed by atoms with Crippen molar-refractivity contribution in [3.8, 4) is 0 Å². The number of halogens is 1. The molecule has 5 heteroatoms. The van der Waals surface area contributed by atoms with Crippen molar-refractivity contribution in [3.63, 3.8) is 0 Å². The van der Waals surface area contributed by atoms with Gasteiger partial charge in [0, 0.05) is 5.88 Å². The molecule has 1 unspecified atom stereocenters. The zero-order chi connectivity index (χ0) is 14.7. The van der Waals surface area contributed by atoms with E-state index in [0.29, 0.717) is 11.6 Å². The molecule has 1 aromatic carbocycles. The predicted molar refractivity (Wildman–Crippen MR) is 82.4 cm³/mol. The van der Waals surface area contributed by atoms with Gasteiger partial charge in [-0.2, -0.15) is 0 Å². The first-order chi connectivity index (χ1) is 8.65. The molecule has 0 bridgehead atoms. The zero-order valence-corrected chi connectivity index (χ0v) is 13.5. The Bertz CT molecular complexity index is 520. The van der Waals surface area contributed by atoms with Crippen LogP contribution in [0.2, 0.25) is 0 Å². The first-order valence-corrected chi connectivity index (χ1v) is 8.50. The van der Waals surface area contributed by atoms with Crippen LogP contribution in [0.3, 0.4) is 0 Å². The summed E-state index contributed by atoms with van der Waals surface area (Å²) in [5.74, 6) is 0.303. The van der Waals surface area contributed by atoms with Crippen LogP contribution in [0.5, 0.6) is 0 Å². The molecule has 0 aliphatic heterocycles. The van der Waals surface area contributed by atoms with E-state index in [2.05, 4.69) is 25.5 Å². The Balaban J connectivity index is 3.00. The van der Waals surface area contributed by atoms with Gasteiger partial charge in [-0.3, -0.25) is 4.72 Å². The third-order valence-corrected chi connectivity index (χ3v) is 4.83. The van der Waals surface area contributed by atoms with E-state index in [1.54, 1.807) is 6.07 Å². The van der Waals surface area contributed by atoms with Gasteiger partial charge in [0.25, 0.3) is 0 Å². The van der Waals surface area contributed by atoms with Crippen LogP contribution in [0.4, 0.5) is 5.69 Å². The van der Waals surface area contributed by atoms with Gasteiger partial charge in [-0.15, -0.1) is 11.6 Å². The first-order valence-electron chi connectivity index (χ1n) is 6.31. The van der Waals surface area contributed by atoms with Crippen molar-refractivity contribution >= 4 is 27.3 Å². The molecule has 0 aliphatic carbocycles. The summed E-state index contributed by atoms with van der Waals surface area (Å²) in [7, 11) is -3.36. The van der Waals surface area contributed by atoms with Crippen LogP contribution in [0.25, 0.3) is 0 Å². The monoisotopic (exact) mass is 303 g/mol. The van der Waals surface area contributed by atoms with E-state index in [9.17, 15) is 8.42 Å². The molecule has 0 amide bonds. The van der Waals surface area contributed by atoms with Crippen molar-refractivity contribution in [1.82, 2.24) is 0 Å². The highest BCUT2D eigenvalue weighted by Gasteiger charge is 2.21. The molecule has 1 N–H and O–H groups in total. The number of sulfonamides is 1. The van der Waals surface area contributed by atoms with Gasteiger partial charge in [-0.05, 0) is 23.0 Å². The SMILES string of the molecule is CC(CCl)CS(=O)(=O)Nc1ccccc1C(C)(C)C. The van der Waals surface area contributed by atoms with E-state index in [0.717, 1.165) is 5.56 Å². The lowest BCUT2D eigenvalue weighted by atomic mass is 9.86. The van der Waals surface area contributed by atoms with Gasteiger partial charge in [-0.25, -0.2) is 8.42 Å². The average molecular weight is 304 g/mol. The van der Waals surface area contributed by atoms with E-state index in [1.807, 2.05) is 25.1 Å². The standard InChI is InChI=1S/C14H22ClNO2S/c1-11(9-15)10-19(17,18)16-13-8-6-5-7-12(13)14(2,3)4/h5-8,11,16H,9-10H2,1-4H3. The molecule has 0 aliphatic rings. The Morgan fingerprint density at radius 3 is 2.37 bits per heavy atom. The van der Waals surface area contributed by atoms with Crippen LogP contribution in [0.1, 0.15) is 33.3 Å². The van der Waals surface area contributed by atoms with Crippen molar-refractivity contribution < 1.29 is 8.42 Å². The predicted octanol–water partition coefficient (Wildman–Crippen LogP) is 3.60. The maximum Gasteiger partial charge on any atom is 0.233 e. The van der Waals surface area contributed by atoms with Crippen molar-refractivity contribution in [2.45, 2.75) is 33.1 Å². The molecule has 0 heterocycles. The fourth-order valence-corrected chi connectivity index (χ4v) is 3.56. The summed E-state index contributed by atoms with van der Waals surface area (Å²) in [6.07, 6.45) is 0. The Kier molecular flexibility index (Phi) is 5.27. The highest BCUT2D eigenvalue weighted by Crippen LogP contribution is 2.29. The van der Waals surface area contributed by atoms with Crippen LogP contribution < -0.4 is 4.72 Å². The van der Waals surface area contributed by atoms with E-state index in [-0.39, 0.29) is 17.1 Å². The molecule has 108 valence electrons. The van der Waals surface area contributed by atoms with Gasteiger partial charge < -0.3 is 0 Å². The number of hydrogen-bond donors (Lipinski definition) is 1. The van der Waals surface area contributed by atoms with E-state index >= 15 is 0 Å². The van der Waals surface area contributed by atoms with Crippen LogP contribution >= 0.6 is 11.6 Å². The Hall–Kier alpha value is -0.740. The molecule has 0 saturated carbocycles. The van der Waals surface area contributed by atoms with Crippen molar-refractivity contribution in [2.75, 3.05) is 16.4 Å². The number of benzene rings is 1. The van der Waals surface area contributed by atoms with Crippen LogP contribution in [0, 0.1) is 5.92 Å². The van der Waals surface area contributed by atoms with Crippen LogP contribution in [-0.2, 0) is 15.4 Å². The highest BCUT2D eigenvalue weighted by molar-refractivity contribution is 7.92. The van der Waals surface area contributed by atoms with Crippen molar-refractivity contribution in [3.05, 3.63) is 29.8 Å². The normalized spacial score (nSPS) is 14.2. The number of anilines is 1. The molecule has 0 aromatic heterocycles. The lowest BCUT2D eigenvalue weighted by Gasteiger charge is -2.23. The zero-order valence-electron chi connectivity index (χ0n) is 11.9. The molecule has 0 spiro atoms. The molecule has 0 fully saturated rings. The Labute approximate surface area is 121 Å². The van der Waals surface area contributed by atoms with Gasteiger partial charge in [0.05, 0.1) is 11.4 Å². The van der Waals surface area contributed by atoms with Crippen molar-refractivity contribution in [1.29, 1.82) is 0 Å². The molecule has 19 heavy (non-hydrogen) atoms. The number of hydrogen-bond acceptors (Lipinski definition) is 2. The van der Waals surface area contributed by atoms with Crippen LogP contribution in [-0.4, -0.2) is 20.1 Å². The molecule has 1 aromatic rings. The van der Waals surface area contributed by atoms with Gasteiger partial charge in [-0.1, -0.05) is 45.9 Å². The Morgan fingerprint density at radius 2 is 1.84 bits per heavy atom. The minimum Gasteiger partial charge on any atom is -0.283 e. The minimum absolute atomic E-state index is 0.0367.